The first-order valence-corrected chi connectivity index (χ1v) is 12.5. The van der Waals surface area contributed by atoms with Crippen LogP contribution in [0.2, 0.25) is 0 Å². The molecule has 6 heteroatoms. The van der Waals surface area contributed by atoms with Crippen LogP contribution in [0.3, 0.4) is 0 Å². The molecule has 1 N–H and O–H groups in total. The fraction of sp³-hybridized carbons (Fsp3) is 0.464. The number of nitrogens with zero attached hydrogens (tertiary/aromatic N) is 2. The number of carbonyl (C=O) groups excluding carboxylic acids is 3. The summed E-state index contributed by atoms with van der Waals surface area (Å²) in [5.41, 5.74) is 2.97. The second kappa shape index (κ2) is 10.4. The summed E-state index contributed by atoms with van der Waals surface area (Å²) in [6, 6.07) is 12.8. The summed E-state index contributed by atoms with van der Waals surface area (Å²) in [6.45, 7) is 7.54. The monoisotopic (exact) mass is 461 g/mol. The van der Waals surface area contributed by atoms with Crippen LogP contribution in [-0.2, 0) is 0 Å². The predicted octanol–water partition coefficient (Wildman–Crippen LogP) is 5.28. The van der Waals surface area contributed by atoms with E-state index < -0.39 is 0 Å². The van der Waals surface area contributed by atoms with Gasteiger partial charge in [0, 0.05) is 47.6 Å². The average molecular weight is 462 g/mol. The first kappa shape index (κ1) is 24.0. The highest BCUT2D eigenvalue weighted by Crippen LogP contribution is 2.25. The molecule has 180 valence electrons. The van der Waals surface area contributed by atoms with Gasteiger partial charge in [-0.2, -0.15) is 0 Å². The molecule has 0 saturated carbocycles. The molecule has 2 aromatic rings. The van der Waals surface area contributed by atoms with Crippen molar-refractivity contribution in [2.75, 3.05) is 18.4 Å². The van der Waals surface area contributed by atoms with E-state index in [0.29, 0.717) is 35.5 Å². The van der Waals surface area contributed by atoms with E-state index in [1.165, 1.54) is 0 Å². The van der Waals surface area contributed by atoms with Crippen LogP contribution in [0.4, 0.5) is 5.69 Å². The Kier molecular flexibility index (Phi) is 7.35. The number of aryl methyl sites for hydroxylation is 1. The molecule has 6 nitrogen and oxygen atoms in total. The van der Waals surface area contributed by atoms with E-state index >= 15 is 0 Å². The van der Waals surface area contributed by atoms with Crippen molar-refractivity contribution in [2.24, 2.45) is 0 Å². The van der Waals surface area contributed by atoms with Gasteiger partial charge < -0.3 is 15.1 Å². The van der Waals surface area contributed by atoms with Crippen molar-refractivity contribution < 1.29 is 14.4 Å². The van der Waals surface area contributed by atoms with Crippen molar-refractivity contribution in [3.63, 3.8) is 0 Å². The van der Waals surface area contributed by atoms with Crippen molar-refractivity contribution >= 4 is 23.4 Å². The average Bonchev–Trinajstić information content (AvgIpc) is 2.84. The van der Waals surface area contributed by atoms with E-state index in [1.54, 1.807) is 30.3 Å². The summed E-state index contributed by atoms with van der Waals surface area (Å²) in [5.74, 6) is -0.431. The molecule has 2 atom stereocenters. The zero-order valence-corrected chi connectivity index (χ0v) is 20.5. The van der Waals surface area contributed by atoms with Crippen LogP contribution in [-0.4, -0.2) is 52.7 Å². The highest BCUT2D eigenvalue weighted by molar-refractivity contribution is 6.07. The minimum atomic E-state index is -0.263. The van der Waals surface area contributed by atoms with Gasteiger partial charge in [-0.15, -0.1) is 0 Å². The third-order valence-electron chi connectivity index (χ3n) is 7.13. The van der Waals surface area contributed by atoms with Crippen LogP contribution in [0.25, 0.3) is 0 Å². The van der Waals surface area contributed by atoms with E-state index in [-0.39, 0.29) is 29.8 Å². The van der Waals surface area contributed by atoms with Crippen LogP contribution < -0.4 is 5.32 Å². The molecule has 0 radical (unpaired) electrons. The van der Waals surface area contributed by atoms with Gasteiger partial charge in [0.05, 0.1) is 0 Å². The zero-order chi connectivity index (χ0) is 24.2. The molecule has 0 aromatic heterocycles. The van der Waals surface area contributed by atoms with Gasteiger partial charge in [-0.25, -0.2) is 0 Å². The summed E-state index contributed by atoms with van der Waals surface area (Å²) < 4.78 is 0. The summed E-state index contributed by atoms with van der Waals surface area (Å²) in [6.07, 6.45) is 6.16. The Balaban J connectivity index is 1.66. The fourth-order valence-corrected chi connectivity index (χ4v) is 4.99. The maximum atomic E-state index is 13.5. The summed E-state index contributed by atoms with van der Waals surface area (Å²) in [7, 11) is 0. The molecule has 2 unspecified atom stereocenters. The molecule has 4 rings (SSSR count). The van der Waals surface area contributed by atoms with Gasteiger partial charge in [-0.1, -0.05) is 17.7 Å². The predicted molar refractivity (Wildman–Crippen MR) is 134 cm³/mol. The van der Waals surface area contributed by atoms with Crippen molar-refractivity contribution in [2.45, 2.75) is 71.4 Å². The third-order valence-corrected chi connectivity index (χ3v) is 7.13. The molecule has 2 aliphatic rings. The number of anilines is 1. The van der Waals surface area contributed by atoms with Crippen LogP contribution in [0.5, 0.6) is 0 Å². The lowest BCUT2D eigenvalue weighted by atomic mass is 9.99. The molecule has 34 heavy (non-hydrogen) atoms. The second-order valence-corrected chi connectivity index (χ2v) is 9.81. The van der Waals surface area contributed by atoms with E-state index in [9.17, 15) is 14.4 Å². The largest absolute Gasteiger partial charge is 0.336 e. The third kappa shape index (κ3) is 5.32. The number of piperidine rings is 2. The molecule has 0 aliphatic carbocycles. The number of hydrogen-bond donors (Lipinski definition) is 1. The normalized spacial score (nSPS) is 20.7. The first-order valence-electron chi connectivity index (χ1n) is 12.5. The lowest BCUT2D eigenvalue weighted by molar-refractivity contribution is 0.0633. The highest BCUT2D eigenvalue weighted by atomic mass is 16.2. The zero-order valence-electron chi connectivity index (χ0n) is 20.5. The van der Waals surface area contributed by atoms with Gasteiger partial charge >= 0.3 is 0 Å². The van der Waals surface area contributed by atoms with Gasteiger partial charge in [-0.3, -0.25) is 14.4 Å². The minimum Gasteiger partial charge on any atom is -0.336 e. The smallest absolute Gasteiger partial charge is 0.255 e. The number of likely N-dealkylation sites (tertiary alicyclic amines) is 2. The molecule has 2 aromatic carbocycles. The summed E-state index contributed by atoms with van der Waals surface area (Å²) in [4.78, 5) is 43.6. The lowest BCUT2D eigenvalue weighted by Gasteiger charge is -2.34. The number of amides is 3. The maximum absolute atomic E-state index is 13.5. The Bertz CT molecular complexity index is 1010. The molecule has 3 amide bonds. The standard InChI is InChI=1S/C28H35N3O3/c1-19-10-12-22(13-11-19)26(32)29-25-17-23(27(33)30-14-6-4-8-20(30)2)16-24(18-25)28(34)31-15-7-5-9-21(31)3/h10-13,16-18,20-21H,4-9,14-15H2,1-3H3,(H,29,32). The first-order chi connectivity index (χ1) is 16.3. The highest BCUT2D eigenvalue weighted by Gasteiger charge is 2.28. The summed E-state index contributed by atoms with van der Waals surface area (Å²) >= 11 is 0. The van der Waals surface area contributed by atoms with Gasteiger partial charge in [-0.05, 0) is 89.6 Å². The van der Waals surface area contributed by atoms with E-state index in [0.717, 1.165) is 44.1 Å². The number of carbonyl (C=O) groups is 3. The fourth-order valence-electron chi connectivity index (χ4n) is 4.99. The Morgan fingerprint density at radius 2 is 1.24 bits per heavy atom. The van der Waals surface area contributed by atoms with Crippen molar-refractivity contribution in [3.8, 4) is 0 Å². The molecule has 2 saturated heterocycles. The SMILES string of the molecule is Cc1ccc(C(=O)Nc2cc(C(=O)N3CCCCC3C)cc(C(=O)N3CCCCC3C)c2)cc1. The molecule has 0 spiro atoms. The summed E-state index contributed by atoms with van der Waals surface area (Å²) in [5, 5.41) is 2.92. The number of hydrogen-bond acceptors (Lipinski definition) is 3. The van der Waals surface area contributed by atoms with E-state index in [4.69, 9.17) is 0 Å². The maximum Gasteiger partial charge on any atom is 0.255 e. The second-order valence-electron chi connectivity index (χ2n) is 9.81. The van der Waals surface area contributed by atoms with E-state index in [2.05, 4.69) is 19.2 Å². The number of rotatable bonds is 4. The van der Waals surface area contributed by atoms with Gasteiger partial charge in [0.2, 0.25) is 0 Å². The van der Waals surface area contributed by atoms with Gasteiger partial charge in [0.15, 0.2) is 0 Å². The van der Waals surface area contributed by atoms with Crippen molar-refractivity contribution in [3.05, 3.63) is 64.7 Å². The van der Waals surface area contributed by atoms with Crippen LogP contribution in [0.1, 0.15) is 89.0 Å². The van der Waals surface area contributed by atoms with Gasteiger partial charge in [0.1, 0.15) is 0 Å². The Morgan fingerprint density at radius 3 is 1.71 bits per heavy atom. The number of benzene rings is 2. The van der Waals surface area contributed by atoms with Crippen LogP contribution >= 0.6 is 0 Å². The minimum absolute atomic E-state index is 0.0839. The quantitative estimate of drug-likeness (QED) is 0.674. The van der Waals surface area contributed by atoms with Crippen LogP contribution in [0.15, 0.2) is 42.5 Å². The van der Waals surface area contributed by atoms with Crippen molar-refractivity contribution in [1.29, 1.82) is 0 Å². The molecule has 2 heterocycles. The molecular formula is C28H35N3O3. The number of nitrogens with one attached hydrogen (secondary N) is 1. The lowest BCUT2D eigenvalue weighted by Crippen LogP contribution is -2.43. The Labute approximate surface area is 202 Å². The topological polar surface area (TPSA) is 69.7 Å². The Hall–Kier alpha value is -3.15. The van der Waals surface area contributed by atoms with Crippen molar-refractivity contribution in [1.82, 2.24) is 9.80 Å². The molecular weight excluding hydrogens is 426 g/mol. The van der Waals surface area contributed by atoms with E-state index in [1.807, 2.05) is 28.9 Å². The van der Waals surface area contributed by atoms with Crippen LogP contribution in [0, 0.1) is 6.92 Å². The van der Waals surface area contributed by atoms with Gasteiger partial charge in [0.25, 0.3) is 17.7 Å². The Morgan fingerprint density at radius 1 is 0.735 bits per heavy atom. The molecule has 0 bridgehead atoms. The molecule has 2 fully saturated rings. The molecule has 2 aliphatic heterocycles.